The molecule has 148 valence electrons. The van der Waals surface area contributed by atoms with Crippen molar-refractivity contribution < 1.29 is 18.7 Å². The van der Waals surface area contributed by atoms with E-state index in [0.29, 0.717) is 30.4 Å². The Morgan fingerprint density at radius 3 is 2.39 bits per heavy atom. The van der Waals surface area contributed by atoms with Gasteiger partial charge in [0.1, 0.15) is 19.0 Å². The number of hydrogen-bond donors (Lipinski definition) is 1. The number of benzene rings is 2. The maximum absolute atomic E-state index is 13.1. The van der Waals surface area contributed by atoms with Gasteiger partial charge in [0.2, 0.25) is 5.91 Å². The minimum absolute atomic E-state index is 0.0492. The van der Waals surface area contributed by atoms with Crippen molar-refractivity contribution in [3.05, 3.63) is 48.3 Å². The molecule has 0 unspecified atom stereocenters. The summed E-state index contributed by atoms with van der Waals surface area (Å²) in [6, 6.07) is 11.7. The summed E-state index contributed by atoms with van der Waals surface area (Å²) in [7, 11) is 0. The fraction of sp³-hybridized carbons (Fsp3) is 0.381. The molecule has 7 heteroatoms. The van der Waals surface area contributed by atoms with E-state index in [-0.39, 0.29) is 17.8 Å². The van der Waals surface area contributed by atoms with E-state index < -0.39 is 0 Å². The Morgan fingerprint density at radius 1 is 1.00 bits per heavy atom. The average Bonchev–Trinajstić information content (AvgIpc) is 2.74. The van der Waals surface area contributed by atoms with Crippen LogP contribution in [0.25, 0.3) is 0 Å². The number of carbonyl (C=O) groups is 1. The van der Waals surface area contributed by atoms with E-state index in [1.807, 2.05) is 19.1 Å². The third kappa shape index (κ3) is 4.04. The lowest BCUT2D eigenvalue weighted by molar-refractivity contribution is -0.120. The average molecular weight is 385 g/mol. The number of piperazine rings is 1. The summed E-state index contributed by atoms with van der Waals surface area (Å²) in [5.41, 5.74) is 1.71. The van der Waals surface area contributed by atoms with Crippen LogP contribution in [-0.2, 0) is 4.79 Å². The van der Waals surface area contributed by atoms with Crippen LogP contribution in [0.3, 0.4) is 0 Å². The number of halogens is 1. The molecule has 0 bridgehead atoms. The number of nitrogens with one attached hydrogen (secondary N) is 1. The predicted molar refractivity (Wildman–Crippen MR) is 106 cm³/mol. The highest BCUT2D eigenvalue weighted by atomic mass is 19.1. The molecule has 1 atom stereocenters. The summed E-state index contributed by atoms with van der Waals surface area (Å²) in [6.45, 7) is 6.11. The van der Waals surface area contributed by atoms with Gasteiger partial charge in [-0.1, -0.05) is 0 Å². The van der Waals surface area contributed by atoms with E-state index in [9.17, 15) is 9.18 Å². The van der Waals surface area contributed by atoms with Crippen LogP contribution in [0.15, 0.2) is 42.5 Å². The van der Waals surface area contributed by atoms with E-state index in [4.69, 9.17) is 9.47 Å². The molecular weight excluding hydrogens is 361 g/mol. The number of fused-ring (bicyclic) bond motifs is 1. The van der Waals surface area contributed by atoms with Crippen LogP contribution in [-0.4, -0.2) is 56.2 Å². The Kier molecular flexibility index (Phi) is 5.34. The summed E-state index contributed by atoms with van der Waals surface area (Å²) in [5.74, 6) is 1.08. The van der Waals surface area contributed by atoms with E-state index in [1.54, 1.807) is 18.2 Å². The van der Waals surface area contributed by atoms with Crippen molar-refractivity contribution in [3.8, 4) is 11.5 Å². The smallest absolute Gasteiger partial charge is 0.241 e. The van der Waals surface area contributed by atoms with E-state index >= 15 is 0 Å². The van der Waals surface area contributed by atoms with Crippen molar-refractivity contribution in [1.82, 2.24) is 4.90 Å². The lowest BCUT2D eigenvalue weighted by atomic mass is 10.2. The second-order valence-electron chi connectivity index (χ2n) is 7.02. The zero-order valence-corrected chi connectivity index (χ0v) is 15.9. The van der Waals surface area contributed by atoms with Gasteiger partial charge >= 0.3 is 0 Å². The summed E-state index contributed by atoms with van der Waals surface area (Å²) in [4.78, 5) is 17.1. The monoisotopic (exact) mass is 385 g/mol. The number of anilines is 2. The molecule has 1 saturated heterocycles. The molecule has 0 radical (unpaired) electrons. The second kappa shape index (κ2) is 8.06. The third-order valence-corrected chi connectivity index (χ3v) is 5.24. The predicted octanol–water partition coefficient (Wildman–Crippen LogP) is 2.75. The molecule has 2 aromatic rings. The maximum Gasteiger partial charge on any atom is 0.241 e. The van der Waals surface area contributed by atoms with Gasteiger partial charge in [0.05, 0.1) is 6.04 Å². The topological polar surface area (TPSA) is 54.0 Å². The fourth-order valence-corrected chi connectivity index (χ4v) is 3.55. The summed E-state index contributed by atoms with van der Waals surface area (Å²) in [5, 5.41) is 2.97. The largest absolute Gasteiger partial charge is 0.486 e. The van der Waals surface area contributed by atoms with Crippen molar-refractivity contribution in [2.75, 3.05) is 49.6 Å². The first-order valence-electron chi connectivity index (χ1n) is 9.55. The zero-order chi connectivity index (χ0) is 19.5. The summed E-state index contributed by atoms with van der Waals surface area (Å²) >= 11 is 0. The van der Waals surface area contributed by atoms with Crippen LogP contribution >= 0.6 is 0 Å². The molecule has 0 aromatic heterocycles. The fourth-order valence-electron chi connectivity index (χ4n) is 3.55. The molecule has 6 nitrogen and oxygen atoms in total. The molecule has 1 N–H and O–H groups in total. The van der Waals surface area contributed by atoms with Crippen LogP contribution in [0.5, 0.6) is 11.5 Å². The van der Waals surface area contributed by atoms with E-state index in [0.717, 1.165) is 31.9 Å². The van der Waals surface area contributed by atoms with Crippen LogP contribution in [0.2, 0.25) is 0 Å². The first kappa shape index (κ1) is 18.6. The highest BCUT2D eigenvalue weighted by molar-refractivity contribution is 5.94. The number of hydrogen-bond acceptors (Lipinski definition) is 5. The molecule has 0 spiro atoms. The highest BCUT2D eigenvalue weighted by Crippen LogP contribution is 2.32. The van der Waals surface area contributed by atoms with Crippen LogP contribution in [0, 0.1) is 5.82 Å². The molecule has 0 aliphatic carbocycles. The molecule has 0 saturated carbocycles. The minimum Gasteiger partial charge on any atom is -0.486 e. The zero-order valence-electron chi connectivity index (χ0n) is 15.9. The van der Waals surface area contributed by atoms with Crippen molar-refractivity contribution in [2.24, 2.45) is 0 Å². The lowest BCUT2D eigenvalue weighted by Crippen LogP contribution is -2.52. The van der Waals surface area contributed by atoms with Gasteiger partial charge in [0.15, 0.2) is 11.5 Å². The van der Waals surface area contributed by atoms with Gasteiger partial charge in [-0.3, -0.25) is 9.69 Å². The number of ether oxygens (including phenoxy) is 2. The number of carbonyl (C=O) groups excluding carboxylic acids is 1. The van der Waals surface area contributed by atoms with Crippen LogP contribution in [0.4, 0.5) is 15.8 Å². The number of rotatable bonds is 4. The maximum atomic E-state index is 13.1. The SMILES string of the molecule is C[C@H](C(=O)Nc1ccc2c(c1)OCCO2)N1CCN(c2ccc(F)cc2)CC1. The molecular formula is C21H24FN3O3. The molecule has 2 aliphatic heterocycles. The van der Waals surface area contributed by atoms with Gasteiger partial charge in [-0.25, -0.2) is 4.39 Å². The molecule has 2 aromatic carbocycles. The van der Waals surface area contributed by atoms with E-state index in [2.05, 4.69) is 15.1 Å². The van der Waals surface area contributed by atoms with Gasteiger partial charge in [-0.15, -0.1) is 0 Å². The Bertz CT molecular complexity index is 835. The second-order valence-corrected chi connectivity index (χ2v) is 7.02. The first-order chi connectivity index (χ1) is 13.6. The van der Waals surface area contributed by atoms with Gasteiger partial charge < -0.3 is 19.7 Å². The summed E-state index contributed by atoms with van der Waals surface area (Å²) < 4.78 is 24.2. The van der Waals surface area contributed by atoms with Gasteiger partial charge in [-0.05, 0) is 43.3 Å². The number of nitrogens with zero attached hydrogens (tertiary/aromatic N) is 2. The van der Waals surface area contributed by atoms with Crippen molar-refractivity contribution in [3.63, 3.8) is 0 Å². The van der Waals surface area contributed by atoms with Crippen LogP contribution < -0.4 is 19.7 Å². The van der Waals surface area contributed by atoms with E-state index in [1.165, 1.54) is 12.1 Å². The van der Waals surface area contributed by atoms with Gasteiger partial charge in [-0.2, -0.15) is 0 Å². The Hall–Kier alpha value is -2.80. The van der Waals surface area contributed by atoms with Gasteiger partial charge in [0.25, 0.3) is 0 Å². The Morgan fingerprint density at radius 2 is 1.68 bits per heavy atom. The highest BCUT2D eigenvalue weighted by Gasteiger charge is 2.26. The lowest BCUT2D eigenvalue weighted by Gasteiger charge is -2.38. The summed E-state index contributed by atoms with van der Waals surface area (Å²) in [6.07, 6.45) is 0. The number of amides is 1. The quantitative estimate of drug-likeness (QED) is 0.877. The first-order valence-corrected chi connectivity index (χ1v) is 9.55. The normalized spacial score (nSPS) is 17.9. The van der Waals surface area contributed by atoms with Crippen molar-refractivity contribution in [2.45, 2.75) is 13.0 Å². The molecule has 28 heavy (non-hydrogen) atoms. The Labute approximate surface area is 163 Å². The molecule has 2 heterocycles. The van der Waals surface area contributed by atoms with Gasteiger partial charge in [0, 0.05) is 43.6 Å². The standard InChI is InChI=1S/C21H24FN3O3/c1-15(21(26)23-17-4-7-19-20(14-17)28-13-12-27-19)24-8-10-25(11-9-24)18-5-2-16(22)3-6-18/h2-7,14-15H,8-13H2,1H3,(H,23,26)/t15-/m1/s1. The third-order valence-electron chi connectivity index (χ3n) is 5.24. The molecule has 1 amide bonds. The van der Waals surface area contributed by atoms with Crippen molar-refractivity contribution in [1.29, 1.82) is 0 Å². The molecule has 1 fully saturated rings. The molecule has 4 rings (SSSR count). The molecule has 2 aliphatic rings. The van der Waals surface area contributed by atoms with Crippen molar-refractivity contribution >= 4 is 17.3 Å². The van der Waals surface area contributed by atoms with Crippen LogP contribution in [0.1, 0.15) is 6.92 Å². The minimum atomic E-state index is -0.247. The Balaban J connectivity index is 1.32.